The smallest absolute Gasteiger partial charge is 0.0116 e. The zero-order valence-corrected chi connectivity index (χ0v) is 21.6. The van der Waals surface area contributed by atoms with Crippen LogP contribution in [0.4, 0.5) is 0 Å². The van der Waals surface area contributed by atoms with Crippen LogP contribution in [-0.4, -0.2) is 27.5 Å². The molecular formula is C26H50P2. The highest BCUT2D eigenvalue weighted by Gasteiger charge is 2.59. The molecule has 2 atom stereocenters. The van der Waals surface area contributed by atoms with Gasteiger partial charge in [0.1, 0.15) is 0 Å². The fourth-order valence-electron chi connectivity index (χ4n) is 8.13. The molecule has 3 aliphatic rings. The van der Waals surface area contributed by atoms with Crippen molar-refractivity contribution in [3.8, 4) is 0 Å². The second kappa shape index (κ2) is 10.4. The topological polar surface area (TPSA) is 0 Å². The Bertz CT molecular complexity index is 417. The molecule has 0 amide bonds. The van der Waals surface area contributed by atoms with Crippen molar-refractivity contribution in [2.24, 2.45) is 0 Å². The van der Waals surface area contributed by atoms with Gasteiger partial charge in [0, 0.05) is 4.90 Å². The summed E-state index contributed by atoms with van der Waals surface area (Å²) in [7, 11) is 0.462. The van der Waals surface area contributed by atoms with E-state index in [1.165, 1.54) is 32.1 Å². The Morgan fingerprint density at radius 2 is 0.893 bits per heavy atom. The van der Waals surface area contributed by atoms with Crippen LogP contribution < -0.4 is 0 Å². The van der Waals surface area contributed by atoms with Crippen LogP contribution in [0.2, 0.25) is 0 Å². The van der Waals surface area contributed by atoms with Crippen molar-refractivity contribution >= 4 is 15.8 Å². The van der Waals surface area contributed by atoms with Gasteiger partial charge >= 0.3 is 0 Å². The summed E-state index contributed by atoms with van der Waals surface area (Å²) in [6.07, 6.45) is 29.6. The van der Waals surface area contributed by atoms with Gasteiger partial charge in [0.2, 0.25) is 0 Å². The lowest BCUT2D eigenvalue weighted by Crippen LogP contribution is -2.41. The first-order chi connectivity index (χ1) is 13.6. The summed E-state index contributed by atoms with van der Waals surface area (Å²) in [4.78, 5) is 0.838. The van der Waals surface area contributed by atoms with E-state index in [-0.39, 0.29) is 15.8 Å². The molecule has 1 aliphatic carbocycles. The van der Waals surface area contributed by atoms with E-state index in [4.69, 9.17) is 0 Å². The molecule has 0 bridgehead atoms. The first-order valence-electron chi connectivity index (χ1n) is 13.2. The van der Waals surface area contributed by atoms with E-state index in [9.17, 15) is 0 Å². The lowest BCUT2D eigenvalue weighted by molar-refractivity contribution is 0.425. The number of hydrogen-bond donors (Lipinski definition) is 0. The molecule has 2 saturated heterocycles. The van der Waals surface area contributed by atoms with Crippen LogP contribution in [0.25, 0.3) is 0 Å². The molecule has 3 fully saturated rings. The summed E-state index contributed by atoms with van der Waals surface area (Å²) in [5, 5.41) is 1.57. The van der Waals surface area contributed by atoms with Crippen LogP contribution in [0.1, 0.15) is 137 Å². The molecule has 0 radical (unpaired) electrons. The molecule has 0 N–H and O–H groups in total. The zero-order valence-electron chi connectivity index (χ0n) is 19.8. The summed E-state index contributed by atoms with van der Waals surface area (Å²) < 4.78 is 0. The highest BCUT2D eigenvalue weighted by atomic mass is 31.2. The minimum Gasteiger partial charge on any atom is -0.0895 e. The van der Waals surface area contributed by atoms with Crippen LogP contribution >= 0.6 is 15.8 Å². The molecule has 1 saturated carbocycles. The van der Waals surface area contributed by atoms with Gasteiger partial charge in [0.15, 0.2) is 0 Å². The minimum atomic E-state index is 0.231. The van der Waals surface area contributed by atoms with Crippen LogP contribution in [-0.2, 0) is 0 Å². The van der Waals surface area contributed by atoms with Gasteiger partial charge in [0.25, 0.3) is 0 Å². The average Bonchev–Trinajstić information content (AvgIpc) is 3.29. The summed E-state index contributed by atoms with van der Waals surface area (Å²) in [5.74, 6) is 0. The molecular weight excluding hydrogens is 374 g/mol. The van der Waals surface area contributed by atoms with E-state index in [0.29, 0.717) is 0 Å². The van der Waals surface area contributed by atoms with Crippen molar-refractivity contribution in [3.05, 3.63) is 0 Å². The zero-order chi connectivity index (χ0) is 20.1. The van der Waals surface area contributed by atoms with Gasteiger partial charge in [-0.1, -0.05) is 88.5 Å². The van der Waals surface area contributed by atoms with E-state index in [1.54, 1.807) is 89.4 Å². The van der Waals surface area contributed by atoms with Gasteiger partial charge in [-0.15, -0.1) is 0 Å². The van der Waals surface area contributed by atoms with Crippen molar-refractivity contribution in [1.29, 1.82) is 0 Å². The molecule has 0 aromatic carbocycles. The Morgan fingerprint density at radius 3 is 1.25 bits per heavy atom. The molecule has 2 heterocycles. The largest absolute Gasteiger partial charge is 0.0895 e. The third-order valence-corrected chi connectivity index (χ3v) is 18.2. The Labute approximate surface area is 180 Å². The third kappa shape index (κ3) is 4.27. The first kappa shape index (κ1) is 23.5. The summed E-state index contributed by atoms with van der Waals surface area (Å²) >= 11 is 0. The standard InChI is InChI=1S/C26H50P2/c1-5-14-24(15-6-2)18-12-22-27(24)26(20-10-9-11-21-26)28-23-13-19-25(28,16-7-3)17-8-4/h5-23H2,1-4H3. The number of hydrogen-bond acceptors (Lipinski definition) is 0. The molecule has 2 heteroatoms. The second-order valence-electron chi connectivity index (χ2n) is 10.5. The highest BCUT2D eigenvalue weighted by molar-refractivity contribution is 7.79. The average molecular weight is 425 g/mol. The Balaban J connectivity index is 2.02. The van der Waals surface area contributed by atoms with Crippen molar-refractivity contribution < 1.29 is 0 Å². The third-order valence-electron chi connectivity index (χ3n) is 8.71. The van der Waals surface area contributed by atoms with Crippen molar-refractivity contribution in [2.75, 3.05) is 12.3 Å². The van der Waals surface area contributed by atoms with Gasteiger partial charge in [-0.2, -0.15) is 0 Å². The molecule has 0 aromatic rings. The monoisotopic (exact) mass is 424 g/mol. The normalized spacial score (nSPS) is 31.3. The van der Waals surface area contributed by atoms with Gasteiger partial charge in [-0.3, -0.25) is 0 Å². The van der Waals surface area contributed by atoms with Gasteiger partial charge in [-0.25, -0.2) is 0 Å². The van der Waals surface area contributed by atoms with Crippen LogP contribution in [0.15, 0.2) is 0 Å². The summed E-state index contributed by atoms with van der Waals surface area (Å²) in [5.41, 5.74) is 0. The molecule has 0 spiro atoms. The molecule has 2 unspecified atom stereocenters. The SMILES string of the molecule is CCCC1(CCC)CCCP1C1(P2CCCC2(CCC)CCC)CCCCC1. The molecule has 0 aromatic heterocycles. The lowest BCUT2D eigenvalue weighted by Gasteiger charge is -2.58. The fourth-order valence-corrected chi connectivity index (χ4v) is 20.2. The van der Waals surface area contributed by atoms with Crippen LogP contribution in [0.5, 0.6) is 0 Å². The quantitative estimate of drug-likeness (QED) is 0.306. The van der Waals surface area contributed by atoms with E-state index in [2.05, 4.69) is 27.7 Å². The van der Waals surface area contributed by atoms with Crippen molar-refractivity contribution in [2.45, 2.75) is 152 Å². The maximum Gasteiger partial charge on any atom is 0.0116 e. The molecule has 2 aliphatic heterocycles. The maximum atomic E-state index is 2.48. The van der Waals surface area contributed by atoms with E-state index in [1.807, 2.05) is 0 Å². The van der Waals surface area contributed by atoms with E-state index in [0.717, 1.165) is 15.2 Å². The predicted octanol–water partition coefficient (Wildman–Crippen LogP) is 9.88. The molecule has 28 heavy (non-hydrogen) atoms. The van der Waals surface area contributed by atoms with Crippen LogP contribution in [0.3, 0.4) is 0 Å². The minimum absolute atomic E-state index is 0.231. The first-order valence-corrected chi connectivity index (χ1v) is 16.2. The van der Waals surface area contributed by atoms with Crippen LogP contribution in [0, 0.1) is 0 Å². The lowest BCUT2D eigenvalue weighted by atomic mass is 9.92. The Hall–Kier alpha value is 0.860. The predicted molar refractivity (Wildman–Crippen MR) is 133 cm³/mol. The Morgan fingerprint density at radius 1 is 0.500 bits per heavy atom. The fraction of sp³-hybridized carbons (Fsp3) is 1.00. The van der Waals surface area contributed by atoms with Crippen molar-refractivity contribution in [3.63, 3.8) is 0 Å². The molecule has 3 rings (SSSR count). The van der Waals surface area contributed by atoms with E-state index < -0.39 is 0 Å². The highest BCUT2D eigenvalue weighted by Crippen LogP contribution is 2.85. The second-order valence-corrected chi connectivity index (χ2v) is 17.1. The summed E-state index contributed by atoms with van der Waals surface area (Å²) in [6, 6.07) is 0. The maximum absolute atomic E-state index is 2.48. The van der Waals surface area contributed by atoms with Gasteiger partial charge < -0.3 is 0 Å². The van der Waals surface area contributed by atoms with Gasteiger partial charge in [0.05, 0.1) is 0 Å². The summed E-state index contributed by atoms with van der Waals surface area (Å²) in [6.45, 7) is 9.93. The van der Waals surface area contributed by atoms with Crippen molar-refractivity contribution in [1.82, 2.24) is 0 Å². The Kier molecular flexibility index (Phi) is 8.78. The molecule has 164 valence electrons. The number of rotatable bonds is 10. The molecule has 0 nitrogen and oxygen atoms in total. The van der Waals surface area contributed by atoms with E-state index >= 15 is 0 Å². The van der Waals surface area contributed by atoms with Gasteiger partial charge in [-0.05, 0) is 86.8 Å².